The molecule has 2 aromatic heterocycles. The number of rotatable bonds is 2. The molecular weight excluding hydrogens is 168 g/mol. The number of aromatic nitrogens is 4. The average molecular weight is 178 g/mol. The fourth-order valence-corrected chi connectivity index (χ4v) is 1.27. The van der Waals surface area contributed by atoms with Gasteiger partial charge in [0.15, 0.2) is 5.65 Å². The van der Waals surface area contributed by atoms with Crippen LogP contribution in [0, 0.1) is 6.92 Å². The standard InChI is InChI=1S/C8H10N4O/c1-6-7-8(10-4-9-6)12(2-3-13)5-11-7/h4-5,13H,2-3H2,1H3. The number of aryl methyl sites for hydroxylation is 1. The first-order chi connectivity index (χ1) is 6.33. The highest BCUT2D eigenvalue weighted by Gasteiger charge is 2.05. The first kappa shape index (κ1) is 8.12. The number of aliphatic hydroxyl groups excluding tert-OH is 1. The molecule has 0 aromatic carbocycles. The topological polar surface area (TPSA) is 63.8 Å². The first-order valence-corrected chi connectivity index (χ1v) is 4.06. The molecule has 0 aliphatic heterocycles. The van der Waals surface area contributed by atoms with Crippen molar-refractivity contribution in [1.29, 1.82) is 0 Å². The second-order valence-electron chi connectivity index (χ2n) is 2.79. The lowest BCUT2D eigenvalue weighted by atomic mass is 10.4. The van der Waals surface area contributed by atoms with Crippen molar-refractivity contribution in [3.05, 3.63) is 18.3 Å². The maximum Gasteiger partial charge on any atom is 0.163 e. The van der Waals surface area contributed by atoms with Crippen LogP contribution in [0.25, 0.3) is 11.2 Å². The molecule has 5 heteroatoms. The molecule has 0 aliphatic carbocycles. The van der Waals surface area contributed by atoms with Gasteiger partial charge in [0, 0.05) is 6.54 Å². The summed E-state index contributed by atoms with van der Waals surface area (Å²) in [5, 5.41) is 8.77. The number of hydrogen-bond acceptors (Lipinski definition) is 4. The Bertz CT molecular complexity index is 423. The monoisotopic (exact) mass is 178 g/mol. The fraction of sp³-hybridized carbons (Fsp3) is 0.375. The van der Waals surface area contributed by atoms with Crippen molar-refractivity contribution in [2.24, 2.45) is 0 Å². The summed E-state index contributed by atoms with van der Waals surface area (Å²) in [5.41, 5.74) is 2.44. The van der Waals surface area contributed by atoms with Gasteiger partial charge in [-0.25, -0.2) is 15.0 Å². The quantitative estimate of drug-likeness (QED) is 0.709. The Morgan fingerprint density at radius 3 is 3.00 bits per heavy atom. The minimum absolute atomic E-state index is 0.0918. The summed E-state index contributed by atoms with van der Waals surface area (Å²) >= 11 is 0. The largest absolute Gasteiger partial charge is 0.395 e. The number of aliphatic hydroxyl groups is 1. The number of fused-ring (bicyclic) bond motifs is 1. The van der Waals surface area contributed by atoms with Crippen molar-refractivity contribution < 1.29 is 5.11 Å². The summed E-state index contributed by atoms with van der Waals surface area (Å²) in [6.07, 6.45) is 3.18. The van der Waals surface area contributed by atoms with Crippen molar-refractivity contribution in [3.63, 3.8) is 0 Å². The van der Waals surface area contributed by atoms with E-state index in [2.05, 4.69) is 15.0 Å². The maximum atomic E-state index is 8.77. The molecule has 0 unspecified atom stereocenters. The van der Waals surface area contributed by atoms with Crippen LogP contribution in [0.1, 0.15) is 5.69 Å². The summed E-state index contributed by atoms with van der Waals surface area (Å²) in [6.45, 7) is 2.50. The van der Waals surface area contributed by atoms with Crippen LogP contribution >= 0.6 is 0 Å². The molecule has 0 atom stereocenters. The van der Waals surface area contributed by atoms with Gasteiger partial charge in [-0.3, -0.25) is 0 Å². The normalized spacial score (nSPS) is 10.9. The Morgan fingerprint density at radius 2 is 2.23 bits per heavy atom. The smallest absolute Gasteiger partial charge is 0.163 e. The van der Waals surface area contributed by atoms with Crippen LogP contribution in [0.3, 0.4) is 0 Å². The molecule has 0 bridgehead atoms. The highest BCUT2D eigenvalue weighted by molar-refractivity contribution is 5.72. The van der Waals surface area contributed by atoms with E-state index in [-0.39, 0.29) is 6.61 Å². The molecule has 0 saturated heterocycles. The zero-order chi connectivity index (χ0) is 9.26. The summed E-state index contributed by atoms with van der Waals surface area (Å²) in [7, 11) is 0. The molecule has 0 radical (unpaired) electrons. The molecule has 0 amide bonds. The van der Waals surface area contributed by atoms with Crippen LogP contribution < -0.4 is 0 Å². The molecule has 0 aliphatic rings. The highest BCUT2D eigenvalue weighted by atomic mass is 16.3. The van der Waals surface area contributed by atoms with E-state index in [0.717, 1.165) is 16.9 Å². The molecule has 2 rings (SSSR count). The second kappa shape index (κ2) is 3.10. The minimum Gasteiger partial charge on any atom is -0.395 e. The molecule has 2 aromatic rings. The van der Waals surface area contributed by atoms with Crippen LogP contribution in [-0.4, -0.2) is 31.2 Å². The lowest BCUT2D eigenvalue weighted by Crippen LogP contribution is -2.01. The molecule has 2 heterocycles. The third-order valence-corrected chi connectivity index (χ3v) is 1.93. The van der Waals surface area contributed by atoms with Gasteiger partial charge in [0.2, 0.25) is 0 Å². The molecule has 13 heavy (non-hydrogen) atoms. The van der Waals surface area contributed by atoms with Crippen molar-refractivity contribution in [3.8, 4) is 0 Å². The third kappa shape index (κ3) is 1.27. The molecule has 0 fully saturated rings. The molecule has 0 spiro atoms. The van der Waals surface area contributed by atoms with Crippen molar-refractivity contribution in [2.75, 3.05) is 6.61 Å². The van der Waals surface area contributed by atoms with Gasteiger partial charge in [-0.1, -0.05) is 0 Å². The van der Waals surface area contributed by atoms with Crippen LogP contribution in [0.15, 0.2) is 12.7 Å². The van der Waals surface area contributed by atoms with Crippen molar-refractivity contribution >= 4 is 11.2 Å². The average Bonchev–Trinajstić information content (AvgIpc) is 2.51. The van der Waals surface area contributed by atoms with E-state index in [9.17, 15) is 0 Å². The van der Waals surface area contributed by atoms with E-state index in [1.807, 2.05) is 11.5 Å². The van der Waals surface area contributed by atoms with Gasteiger partial charge in [-0.2, -0.15) is 0 Å². The zero-order valence-corrected chi connectivity index (χ0v) is 7.30. The lowest BCUT2D eigenvalue weighted by molar-refractivity contribution is 0.277. The molecule has 68 valence electrons. The van der Waals surface area contributed by atoms with E-state index in [1.54, 1.807) is 6.33 Å². The predicted molar refractivity (Wildman–Crippen MR) is 47.1 cm³/mol. The Labute approximate surface area is 75.1 Å². The van der Waals surface area contributed by atoms with E-state index in [1.165, 1.54) is 6.33 Å². The number of hydrogen-bond donors (Lipinski definition) is 1. The fourth-order valence-electron chi connectivity index (χ4n) is 1.27. The SMILES string of the molecule is Cc1ncnc2c1ncn2CCO. The Morgan fingerprint density at radius 1 is 1.38 bits per heavy atom. The first-order valence-electron chi connectivity index (χ1n) is 4.06. The van der Waals surface area contributed by atoms with E-state index in [0.29, 0.717) is 6.54 Å². The Kier molecular flexibility index (Phi) is 1.94. The van der Waals surface area contributed by atoms with Gasteiger partial charge < -0.3 is 9.67 Å². The zero-order valence-electron chi connectivity index (χ0n) is 7.30. The van der Waals surface area contributed by atoms with E-state index in [4.69, 9.17) is 5.11 Å². The summed E-state index contributed by atoms with van der Waals surface area (Å²) in [4.78, 5) is 12.3. The van der Waals surface area contributed by atoms with E-state index < -0.39 is 0 Å². The minimum atomic E-state index is 0.0918. The van der Waals surface area contributed by atoms with Gasteiger partial charge in [-0.05, 0) is 6.92 Å². The maximum absolute atomic E-state index is 8.77. The van der Waals surface area contributed by atoms with Crippen LogP contribution in [0.5, 0.6) is 0 Å². The van der Waals surface area contributed by atoms with Gasteiger partial charge >= 0.3 is 0 Å². The van der Waals surface area contributed by atoms with Crippen LogP contribution in [0.2, 0.25) is 0 Å². The summed E-state index contributed by atoms with van der Waals surface area (Å²) in [5.74, 6) is 0. The predicted octanol–water partition coefficient (Wildman–Crippen LogP) is 0.127. The summed E-state index contributed by atoms with van der Waals surface area (Å²) < 4.78 is 1.81. The van der Waals surface area contributed by atoms with Crippen LogP contribution in [-0.2, 0) is 6.54 Å². The van der Waals surface area contributed by atoms with Gasteiger partial charge in [0.05, 0.1) is 18.6 Å². The van der Waals surface area contributed by atoms with Crippen molar-refractivity contribution in [1.82, 2.24) is 19.5 Å². The Balaban J connectivity index is 2.61. The van der Waals surface area contributed by atoms with Crippen molar-refractivity contribution in [2.45, 2.75) is 13.5 Å². The second-order valence-corrected chi connectivity index (χ2v) is 2.79. The van der Waals surface area contributed by atoms with Crippen LogP contribution in [0.4, 0.5) is 0 Å². The number of nitrogens with zero attached hydrogens (tertiary/aromatic N) is 4. The summed E-state index contributed by atoms with van der Waals surface area (Å²) in [6, 6.07) is 0. The van der Waals surface area contributed by atoms with Gasteiger partial charge in [0.1, 0.15) is 11.8 Å². The van der Waals surface area contributed by atoms with E-state index >= 15 is 0 Å². The Hall–Kier alpha value is -1.49. The van der Waals surface area contributed by atoms with Gasteiger partial charge in [0.25, 0.3) is 0 Å². The molecule has 1 N–H and O–H groups in total. The molecule has 0 saturated carbocycles. The highest BCUT2D eigenvalue weighted by Crippen LogP contribution is 2.10. The molecule has 5 nitrogen and oxygen atoms in total. The van der Waals surface area contributed by atoms with Gasteiger partial charge in [-0.15, -0.1) is 0 Å². The molecular formula is C8H10N4O. The third-order valence-electron chi connectivity index (χ3n) is 1.93. The lowest BCUT2D eigenvalue weighted by Gasteiger charge is -1.99. The number of imidazole rings is 1.